The summed E-state index contributed by atoms with van der Waals surface area (Å²) in [6.07, 6.45) is 2.30. The molecule has 100 valence electrons. The van der Waals surface area contributed by atoms with Gasteiger partial charge in [0.1, 0.15) is 0 Å². The Morgan fingerprint density at radius 1 is 1.72 bits per heavy atom. The quantitative estimate of drug-likeness (QED) is 0.882. The molecule has 0 aromatic carbocycles. The molecule has 1 amide bonds. The van der Waals surface area contributed by atoms with Crippen LogP contribution in [-0.2, 0) is 16.1 Å². The fourth-order valence-corrected chi connectivity index (χ4v) is 2.86. The lowest BCUT2D eigenvalue weighted by molar-refractivity contribution is -0.134. The zero-order chi connectivity index (χ0) is 13.0. The van der Waals surface area contributed by atoms with Crippen LogP contribution >= 0.6 is 11.3 Å². The topological polar surface area (TPSA) is 55.6 Å². The van der Waals surface area contributed by atoms with E-state index in [0.717, 1.165) is 19.4 Å². The molecular weight excluding hydrogens is 248 g/mol. The largest absolute Gasteiger partial charge is 0.376 e. The van der Waals surface area contributed by atoms with E-state index < -0.39 is 6.04 Å². The minimum Gasteiger partial charge on any atom is -0.376 e. The molecule has 1 saturated heterocycles. The van der Waals surface area contributed by atoms with Crippen molar-refractivity contribution in [2.75, 3.05) is 13.2 Å². The second kappa shape index (κ2) is 6.31. The van der Waals surface area contributed by atoms with E-state index >= 15 is 0 Å². The monoisotopic (exact) mass is 268 g/mol. The molecule has 0 radical (unpaired) electrons. The first-order valence-electron chi connectivity index (χ1n) is 6.35. The van der Waals surface area contributed by atoms with Gasteiger partial charge in [0, 0.05) is 18.0 Å². The third-order valence-corrected chi connectivity index (χ3v) is 3.94. The van der Waals surface area contributed by atoms with Crippen LogP contribution in [0.3, 0.4) is 0 Å². The molecule has 4 nitrogen and oxygen atoms in total. The van der Waals surface area contributed by atoms with Crippen molar-refractivity contribution in [1.29, 1.82) is 0 Å². The van der Waals surface area contributed by atoms with Crippen LogP contribution in [0.2, 0.25) is 0 Å². The molecule has 1 aromatic rings. The average Bonchev–Trinajstić information content (AvgIpc) is 2.99. The van der Waals surface area contributed by atoms with Gasteiger partial charge >= 0.3 is 0 Å². The lowest BCUT2D eigenvalue weighted by atomic mass is 10.2. The van der Waals surface area contributed by atoms with Gasteiger partial charge in [-0.3, -0.25) is 4.79 Å². The Morgan fingerprint density at radius 3 is 3.11 bits per heavy atom. The second-order valence-electron chi connectivity index (χ2n) is 4.72. The number of nitrogens with zero attached hydrogens (tertiary/aromatic N) is 1. The van der Waals surface area contributed by atoms with Crippen molar-refractivity contribution in [2.24, 2.45) is 5.73 Å². The number of carbonyl (C=O) groups is 1. The highest BCUT2D eigenvalue weighted by atomic mass is 32.1. The lowest BCUT2D eigenvalue weighted by Gasteiger charge is -2.26. The van der Waals surface area contributed by atoms with E-state index in [1.165, 1.54) is 4.88 Å². The maximum Gasteiger partial charge on any atom is 0.239 e. The Kier molecular flexibility index (Phi) is 4.74. The van der Waals surface area contributed by atoms with E-state index in [0.29, 0.717) is 13.1 Å². The van der Waals surface area contributed by atoms with E-state index in [-0.39, 0.29) is 12.0 Å². The van der Waals surface area contributed by atoms with Gasteiger partial charge in [-0.1, -0.05) is 6.07 Å². The highest BCUT2D eigenvalue weighted by Crippen LogP contribution is 2.17. The Labute approximate surface area is 112 Å². The van der Waals surface area contributed by atoms with Crippen LogP contribution in [0.1, 0.15) is 24.6 Å². The van der Waals surface area contributed by atoms with Gasteiger partial charge in [-0.25, -0.2) is 0 Å². The Hall–Kier alpha value is -0.910. The summed E-state index contributed by atoms with van der Waals surface area (Å²) in [4.78, 5) is 15.1. The minimum absolute atomic E-state index is 0.00102. The smallest absolute Gasteiger partial charge is 0.239 e. The summed E-state index contributed by atoms with van der Waals surface area (Å²) in [6.45, 7) is 3.83. The van der Waals surface area contributed by atoms with Gasteiger partial charge in [0.15, 0.2) is 0 Å². The van der Waals surface area contributed by atoms with Gasteiger partial charge in [0.2, 0.25) is 5.91 Å². The summed E-state index contributed by atoms with van der Waals surface area (Å²) >= 11 is 1.66. The standard InChI is InChI=1S/C13H20N2O2S/c1-10(14)13(16)15(8-11-4-2-6-17-11)9-12-5-3-7-18-12/h3,5,7,10-11H,2,4,6,8-9,14H2,1H3/t10-,11?/m1/s1. The van der Waals surface area contributed by atoms with Crippen molar-refractivity contribution in [1.82, 2.24) is 4.90 Å². The first-order valence-corrected chi connectivity index (χ1v) is 7.23. The molecule has 5 heteroatoms. The third kappa shape index (κ3) is 3.54. The normalized spacial score (nSPS) is 20.9. The van der Waals surface area contributed by atoms with Crippen LogP contribution in [0.5, 0.6) is 0 Å². The summed E-state index contributed by atoms with van der Waals surface area (Å²) in [5.74, 6) is -0.00102. The molecule has 1 aromatic heterocycles. The number of hydrogen-bond donors (Lipinski definition) is 1. The molecule has 0 aliphatic carbocycles. The van der Waals surface area contributed by atoms with Crippen LogP contribution < -0.4 is 5.73 Å². The molecule has 2 heterocycles. The predicted molar refractivity (Wildman–Crippen MR) is 72.4 cm³/mol. The Balaban J connectivity index is 1.99. The van der Waals surface area contributed by atoms with Crippen molar-refractivity contribution >= 4 is 17.2 Å². The maximum absolute atomic E-state index is 12.1. The van der Waals surface area contributed by atoms with Crippen LogP contribution in [0, 0.1) is 0 Å². The minimum atomic E-state index is -0.452. The Morgan fingerprint density at radius 2 is 2.56 bits per heavy atom. The molecule has 0 spiro atoms. The first kappa shape index (κ1) is 13.5. The Bertz CT molecular complexity index is 372. The van der Waals surface area contributed by atoms with E-state index in [9.17, 15) is 4.79 Å². The molecule has 1 unspecified atom stereocenters. The maximum atomic E-state index is 12.1. The van der Waals surface area contributed by atoms with E-state index in [1.807, 2.05) is 22.4 Å². The first-order chi connectivity index (χ1) is 8.66. The molecule has 2 rings (SSSR count). The number of ether oxygens (including phenoxy) is 1. The molecule has 1 fully saturated rings. The number of nitrogens with two attached hydrogens (primary N) is 1. The molecule has 1 aliphatic rings. The second-order valence-corrected chi connectivity index (χ2v) is 5.75. The van der Waals surface area contributed by atoms with E-state index in [1.54, 1.807) is 18.3 Å². The van der Waals surface area contributed by atoms with Gasteiger partial charge in [0.05, 0.1) is 18.7 Å². The van der Waals surface area contributed by atoms with Crippen LogP contribution in [0.15, 0.2) is 17.5 Å². The van der Waals surface area contributed by atoms with Gasteiger partial charge in [-0.2, -0.15) is 0 Å². The van der Waals surface area contributed by atoms with Gasteiger partial charge in [0.25, 0.3) is 0 Å². The lowest BCUT2D eigenvalue weighted by Crippen LogP contribution is -2.44. The molecule has 18 heavy (non-hydrogen) atoms. The molecule has 0 saturated carbocycles. The van der Waals surface area contributed by atoms with Gasteiger partial charge in [-0.05, 0) is 31.2 Å². The number of hydrogen-bond acceptors (Lipinski definition) is 4. The van der Waals surface area contributed by atoms with Crippen molar-refractivity contribution < 1.29 is 9.53 Å². The zero-order valence-corrected chi connectivity index (χ0v) is 11.5. The number of amides is 1. The van der Waals surface area contributed by atoms with Crippen LogP contribution in [-0.4, -0.2) is 36.1 Å². The fourth-order valence-electron chi connectivity index (χ4n) is 2.15. The third-order valence-electron chi connectivity index (χ3n) is 3.08. The summed E-state index contributed by atoms with van der Waals surface area (Å²) in [6, 6.07) is 3.59. The highest BCUT2D eigenvalue weighted by Gasteiger charge is 2.24. The summed E-state index contributed by atoms with van der Waals surface area (Å²) in [7, 11) is 0. The predicted octanol–water partition coefficient (Wildman–Crippen LogP) is 1.60. The number of thiophene rings is 1. The van der Waals surface area contributed by atoms with Crippen molar-refractivity contribution in [2.45, 2.75) is 38.5 Å². The van der Waals surface area contributed by atoms with E-state index in [4.69, 9.17) is 10.5 Å². The van der Waals surface area contributed by atoms with E-state index in [2.05, 4.69) is 0 Å². The van der Waals surface area contributed by atoms with Gasteiger partial charge in [-0.15, -0.1) is 11.3 Å². The number of carbonyl (C=O) groups excluding carboxylic acids is 1. The molecule has 2 N–H and O–H groups in total. The molecule has 0 bridgehead atoms. The van der Waals surface area contributed by atoms with Crippen LogP contribution in [0.4, 0.5) is 0 Å². The summed E-state index contributed by atoms with van der Waals surface area (Å²) < 4.78 is 5.60. The summed E-state index contributed by atoms with van der Waals surface area (Å²) in [5.41, 5.74) is 5.71. The molecule has 1 aliphatic heterocycles. The van der Waals surface area contributed by atoms with Gasteiger partial charge < -0.3 is 15.4 Å². The zero-order valence-electron chi connectivity index (χ0n) is 10.7. The SMILES string of the molecule is C[C@@H](N)C(=O)N(Cc1cccs1)CC1CCCO1. The number of rotatable bonds is 5. The highest BCUT2D eigenvalue weighted by molar-refractivity contribution is 7.09. The summed E-state index contributed by atoms with van der Waals surface area (Å²) in [5, 5.41) is 2.02. The molecular formula is C13H20N2O2S. The fraction of sp³-hybridized carbons (Fsp3) is 0.615. The van der Waals surface area contributed by atoms with Crippen molar-refractivity contribution in [3.05, 3.63) is 22.4 Å². The molecule has 2 atom stereocenters. The van der Waals surface area contributed by atoms with Crippen LogP contribution in [0.25, 0.3) is 0 Å². The van der Waals surface area contributed by atoms with Crippen molar-refractivity contribution in [3.8, 4) is 0 Å². The van der Waals surface area contributed by atoms with Crippen molar-refractivity contribution in [3.63, 3.8) is 0 Å². The average molecular weight is 268 g/mol.